The lowest BCUT2D eigenvalue weighted by molar-refractivity contribution is -0.121. The van der Waals surface area contributed by atoms with Gasteiger partial charge in [0, 0.05) is 5.69 Å². The number of anilines is 1. The van der Waals surface area contributed by atoms with Crippen molar-refractivity contribution in [3.8, 4) is 0 Å². The highest BCUT2D eigenvalue weighted by Gasteiger charge is 2.37. The fraction of sp³-hybridized carbons (Fsp3) is 0.467. The van der Waals surface area contributed by atoms with Crippen molar-refractivity contribution < 1.29 is 14.3 Å². The van der Waals surface area contributed by atoms with Crippen LogP contribution >= 0.6 is 0 Å². The normalized spacial score (nSPS) is 16.8. The van der Waals surface area contributed by atoms with Gasteiger partial charge in [-0.2, -0.15) is 0 Å². The van der Waals surface area contributed by atoms with E-state index in [1.54, 1.807) is 25.1 Å². The molecule has 5 heteroatoms. The molecule has 2 rings (SSSR count). The van der Waals surface area contributed by atoms with Crippen LogP contribution in [0.3, 0.4) is 0 Å². The number of benzene rings is 1. The summed E-state index contributed by atoms with van der Waals surface area (Å²) in [6.07, 6.45) is 3.36. The fourth-order valence-electron chi connectivity index (χ4n) is 2.58. The summed E-state index contributed by atoms with van der Waals surface area (Å²) in [6.45, 7) is 1.78. The number of rotatable bonds is 3. The van der Waals surface area contributed by atoms with Crippen molar-refractivity contribution in [3.63, 3.8) is 0 Å². The van der Waals surface area contributed by atoms with Crippen LogP contribution in [0.2, 0.25) is 0 Å². The molecule has 1 fully saturated rings. The first-order chi connectivity index (χ1) is 9.48. The molecule has 0 unspecified atom stereocenters. The van der Waals surface area contributed by atoms with E-state index >= 15 is 0 Å². The third-order valence-electron chi connectivity index (χ3n) is 3.94. The van der Waals surface area contributed by atoms with E-state index < -0.39 is 11.5 Å². The number of esters is 1. The summed E-state index contributed by atoms with van der Waals surface area (Å²) in [5.74, 6) is -0.595. The summed E-state index contributed by atoms with van der Waals surface area (Å²) in [5, 5.41) is 2.84. The van der Waals surface area contributed by atoms with E-state index in [0.29, 0.717) is 29.7 Å². The Hall–Kier alpha value is -1.88. The monoisotopic (exact) mass is 276 g/mol. The van der Waals surface area contributed by atoms with Gasteiger partial charge >= 0.3 is 5.97 Å². The topological polar surface area (TPSA) is 81.4 Å². The van der Waals surface area contributed by atoms with Crippen LogP contribution in [0.25, 0.3) is 0 Å². The Morgan fingerprint density at radius 1 is 1.30 bits per heavy atom. The molecule has 0 saturated heterocycles. The van der Waals surface area contributed by atoms with E-state index in [-0.39, 0.29) is 5.91 Å². The molecule has 1 aromatic rings. The van der Waals surface area contributed by atoms with Gasteiger partial charge in [-0.3, -0.25) is 4.79 Å². The Morgan fingerprint density at radius 2 is 1.95 bits per heavy atom. The summed E-state index contributed by atoms with van der Waals surface area (Å²) >= 11 is 0. The first-order valence-corrected chi connectivity index (χ1v) is 6.76. The largest absolute Gasteiger partial charge is 0.465 e. The van der Waals surface area contributed by atoms with Crippen molar-refractivity contribution in [2.24, 2.45) is 5.73 Å². The lowest BCUT2D eigenvalue weighted by atomic mass is 9.97. The minimum atomic E-state index is -0.784. The van der Waals surface area contributed by atoms with Crippen LogP contribution in [0.4, 0.5) is 5.69 Å². The molecule has 5 nitrogen and oxygen atoms in total. The van der Waals surface area contributed by atoms with E-state index in [4.69, 9.17) is 10.5 Å². The minimum absolute atomic E-state index is 0.180. The van der Waals surface area contributed by atoms with Crippen LogP contribution in [0.1, 0.15) is 41.6 Å². The smallest absolute Gasteiger partial charge is 0.338 e. The number of methoxy groups -OCH3 is 1. The van der Waals surface area contributed by atoms with Gasteiger partial charge in [0.05, 0.1) is 18.2 Å². The summed E-state index contributed by atoms with van der Waals surface area (Å²) < 4.78 is 4.72. The zero-order valence-corrected chi connectivity index (χ0v) is 11.9. The average molecular weight is 276 g/mol. The van der Waals surface area contributed by atoms with E-state index in [1.165, 1.54) is 7.11 Å². The molecular formula is C15H20N2O3. The van der Waals surface area contributed by atoms with Gasteiger partial charge in [-0.25, -0.2) is 4.79 Å². The van der Waals surface area contributed by atoms with Gasteiger partial charge in [0.15, 0.2) is 0 Å². The molecule has 1 amide bonds. The first-order valence-electron chi connectivity index (χ1n) is 6.76. The van der Waals surface area contributed by atoms with Crippen molar-refractivity contribution in [2.45, 2.75) is 38.1 Å². The predicted molar refractivity (Wildman–Crippen MR) is 76.5 cm³/mol. The average Bonchev–Trinajstić information content (AvgIpc) is 2.88. The molecule has 1 aliphatic carbocycles. The molecule has 1 aromatic carbocycles. The molecule has 0 spiro atoms. The quantitative estimate of drug-likeness (QED) is 0.827. The highest BCUT2D eigenvalue weighted by atomic mass is 16.5. The summed E-state index contributed by atoms with van der Waals surface area (Å²) in [7, 11) is 1.33. The second kappa shape index (κ2) is 5.63. The molecule has 0 atom stereocenters. The van der Waals surface area contributed by atoms with Crippen molar-refractivity contribution >= 4 is 17.6 Å². The van der Waals surface area contributed by atoms with Gasteiger partial charge in [0.25, 0.3) is 0 Å². The molecule has 0 radical (unpaired) electrons. The number of amides is 1. The number of hydrogen-bond acceptors (Lipinski definition) is 4. The molecule has 0 heterocycles. The van der Waals surface area contributed by atoms with Gasteiger partial charge in [-0.1, -0.05) is 18.9 Å². The number of ether oxygens (including phenoxy) is 1. The van der Waals surface area contributed by atoms with Gasteiger partial charge in [0.2, 0.25) is 5.91 Å². The Kier molecular flexibility index (Phi) is 4.09. The van der Waals surface area contributed by atoms with Crippen LogP contribution in [0, 0.1) is 6.92 Å². The van der Waals surface area contributed by atoms with Crippen LogP contribution < -0.4 is 11.1 Å². The van der Waals surface area contributed by atoms with Crippen LogP contribution in [0.5, 0.6) is 0 Å². The minimum Gasteiger partial charge on any atom is -0.465 e. The van der Waals surface area contributed by atoms with E-state index in [9.17, 15) is 9.59 Å². The Bertz CT molecular complexity index is 534. The highest BCUT2D eigenvalue weighted by Crippen LogP contribution is 2.29. The molecule has 0 aromatic heterocycles. The standard InChI is InChI=1S/C15H20N2O3/c1-10-11(13(18)20-2)6-5-7-12(10)17-14(19)15(16)8-3-4-9-15/h5-7H,3-4,8-9,16H2,1-2H3,(H,17,19). The molecule has 0 bridgehead atoms. The maximum Gasteiger partial charge on any atom is 0.338 e. The lowest BCUT2D eigenvalue weighted by Gasteiger charge is -2.23. The van der Waals surface area contributed by atoms with Crippen LogP contribution in [0.15, 0.2) is 18.2 Å². The van der Waals surface area contributed by atoms with Gasteiger partial charge in [-0.05, 0) is 37.5 Å². The number of carbonyl (C=O) groups excluding carboxylic acids is 2. The second-order valence-corrected chi connectivity index (χ2v) is 5.29. The van der Waals surface area contributed by atoms with E-state index in [1.807, 2.05) is 0 Å². The molecule has 1 saturated carbocycles. The molecule has 3 N–H and O–H groups in total. The Labute approximate surface area is 118 Å². The number of hydrogen-bond donors (Lipinski definition) is 2. The third-order valence-corrected chi connectivity index (χ3v) is 3.94. The van der Waals surface area contributed by atoms with E-state index in [0.717, 1.165) is 12.8 Å². The number of nitrogens with two attached hydrogens (primary N) is 1. The second-order valence-electron chi connectivity index (χ2n) is 5.29. The summed E-state index contributed by atoms with van der Waals surface area (Å²) in [6, 6.07) is 5.15. The molecule has 108 valence electrons. The Balaban J connectivity index is 2.22. The summed E-state index contributed by atoms with van der Waals surface area (Å²) in [5.41, 5.74) is 7.08. The number of carbonyl (C=O) groups is 2. The maximum absolute atomic E-state index is 12.3. The van der Waals surface area contributed by atoms with Crippen LogP contribution in [-0.4, -0.2) is 24.5 Å². The maximum atomic E-state index is 12.3. The molecule has 20 heavy (non-hydrogen) atoms. The van der Waals surface area contributed by atoms with Crippen molar-refractivity contribution in [1.82, 2.24) is 0 Å². The van der Waals surface area contributed by atoms with Gasteiger partial charge < -0.3 is 15.8 Å². The predicted octanol–water partition coefficient (Wildman–Crippen LogP) is 1.99. The first kappa shape index (κ1) is 14.5. The third kappa shape index (κ3) is 2.67. The molecule has 1 aliphatic rings. The van der Waals surface area contributed by atoms with E-state index in [2.05, 4.69) is 5.32 Å². The number of nitrogens with one attached hydrogen (secondary N) is 1. The van der Waals surface area contributed by atoms with Crippen molar-refractivity contribution in [3.05, 3.63) is 29.3 Å². The summed E-state index contributed by atoms with van der Waals surface area (Å²) in [4.78, 5) is 23.9. The SMILES string of the molecule is COC(=O)c1cccc(NC(=O)C2(N)CCCC2)c1C. The van der Waals surface area contributed by atoms with Gasteiger partial charge in [0.1, 0.15) is 0 Å². The highest BCUT2D eigenvalue weighted by molar-refractivity contribution is 6.00. The van der Waals surface area contributed by atoms with Crippen LogP contribution in [-0.2, 0) is 9.53 Å². The zero-order chi connectivity index (χ0) is 14.8. The van der Waals surface area contributed by atoms with Crippen molar-refractivity contribution in [2.75, 3.05) is 12.4 Å². The molecule has 0 aliphatic heterocycles. The lowest BCUT2D eigenvalue weighted by Crippen LogP contribution is -2.48. The fourth-order valence-corrected chi connectivity index (χ4v) is 2.58. The molecular weight excluding hydrogens is 256 g/mol. The van der Waals surface area contributed by atoms with Crippen molar-refractivity contribution in [1.29, 1.82) is 0 Å². The Morgan fingerprint density at radius 3 is 2.55 bits per heavy atom. The van der Waals surface area contributed by atoms with Gasteiger partial charge in [-0.15, -0.1) is 0 Å². The zero-order valence-electron chi connectivity index (χ0n) is 11.9.